The molecule has 30 heavy (non-hydrogen) atoms. The van der Waals surface area contributed by atoms with Crippen molar-refractivity contribution >= 4 is 32.8 Å². The van der Waals surface area contributed by atoms with E-state index < -0.39 is 0 Å². The molecule has 4 aromatic carbocycles. The molecule has 0 aliphatic rings. The highest BCUT2D eigenvalue weighted by atomic mass is 15.1. The van der Waals surface area contributed by atoms with Crippen LogP contribution in [0.1, 0.15) is 6.92 Å². The minimum atomic E-state index is 0.933. The summed E-state index contributed by atoms with van der Waals surface area (Å²) in [5, 5.41) is 2.59. The molecule has 6 rings (SSSR count). The van der Waals surface area contributed by atoms with Gasteiger partial charge in [-0.15, -0.1) is 0 Å². The molecule has 0 saturated heterocycles. The van der Waals surface area contributed by atoms with Gasteiger partial charge in [-0.2, -0.15) is 0 Å². The van der Waals surface area contributed by atoms with Gasteiger partial charge in [0.15, 0.2) is 0 Å². The smallest absolute Gasteiger partial charge is 0.145 e. The fourth-order valence-corrected chi connectivity index (χ4v) is 4.59. The fourth-order valence-electron chi connectivity index (χ4n) is 4.59. The van der Waals surface area contributed by atoms with Crippen LogP contribution in [0, 0.1) is 0 Å². The molecule has 3 nitrogen and oxygen atoms in total. The van der Waals surface area contributed by atoms with Crippen molar-refractivity contribution in [3.05, 3.63) is 97.1 Å². The predicted octanol–water partition coefficient (Wildman–Crippen LogP) is 6.82. The first-order chi connectivity index (χ1) is 14.8. The minimum absolute atomic E-state index is 0.933. The lowest BCUT2D eigenvalue weighted by molar-refractivity contribution is 0.827. The summed E-state index contributed by atoms with van der Waals surface area (Å²) in [5.41, 5.74) is 6.91. The van der Waals surface area contributed by atoms with Gasteiger partial charge in [-0.05, 0) is 43.3 Å². The summed E-state index contributed by atoms with van der Waals surface area (Å²) in [6.07, 6.45) is 0. The molecular formula is C27H21N3. The Hall–Kier alpha value is -3.85. The second-order valence-electron chi connectivity index (χ2n) is 7.59. The van der Waals surface area contributed by atoms with Crippen molar-refractivity contribution in [2.45, 2.75) is 13.5 Å². The van der Waals surface area contributed by atoms with E-state index in [0.29, 0.717) is 0 Å². The van der Waals surface area contributed by atoms with Crippen LogP contribution in [0.4, 0.5) is 0 Å². The van der Waals surface area contributed by atoms with Crippen LogP contribution in [0.5, 0.6) is 0 Å². The molecule has 0 bridgehead atoms. The number of imidazole rings is 1. The van der Waals surface area contributed by atoms with Crippen molar-refractivity contribution in [2.24, 2.45) is 0 Å². The van der Waals surface area contributed by atoms with Crippen LogP contribution in [0.2, 0.25) is 0 Å². The first kappa shape index (κ1) is 17.0. The van der Waals surface area contributed by atoms with Crippen molar-refractivity contribution in [3.8, 4) is 17.1 Å². The Balaban J connectivity index is 1.68. The maximum absolute atomic E-state index is 5.03. The average molecular weight is 387 g/mol. The largest absolute Gasteiger partial charge is 0.341 e. The zero-order chi connectivity index (χ0) is 20.1. The third kappa shape index (κ3) is 2.42. The molecule has 144 valence electrons. The molecule has 0 saturated carbocycles. The topological polar surface area (TPSA) is 22.8 Å². The van der Waals surface area contributed by atoms with Crippen LogP contribution >= 0.6 is 0 Å². The summed E-state index contributed by atoms with van der Waals surface area (Å²) in [7, 11) is 0. The molecule has 3 heteroatoms. The number of hydrogen-bond acceptors (Lipinski definition) is 1. The molecular weight excluding hydrogens is 366 g/mol. The summed E-state index contributed by atoms with van der Waals surface area (Å²) >= 11 is 0. The van der Waals surface area contributed by atoms with E-state index in [-0.39, 0.29) is 0 Å². The third-order valence-corrected chi connectivity index (χ3v) is 5.92. The number of para-hydroxylation sites is 4. The van der Waals surface area contributed by atoms with Gasteiger partial charge in [0.05, 0.1) is 11.0 Å². The van der Waals surface area contributed by atoms with E-state index in [9.17, 15) is 0 Å². The van der Waals surface area contributed by atoms with Crippen LogP contribution in [-0.2, 0) is 6.54 Å². The second-order valence-corrected chi connectivity index (χ2v) is 7.59. The van der Waals surface area contributed by atoms with Crippen LogP contribution in [0.3, 0.4) is 0 Å². The number of nitrogens with zero attached hydrogens (tertiary/aromatic N) is 3. The van der Waals surface area contributed by atoms with Gasteiger partial charge in [-0.25, -0.2) is 4.98 Å². The molecule has 0 radical (unpaired) electrons. The van der Waals surface area contributed by atoms with Gasteiger partial charge in [-0.3, -0.25) is 4.57 Å². The zero-order valence-corrected chi connectivity index (χ0v) is 16.8. The number of aryl methyl sites for hydroxylation is 1. The standard InChI is InChI=1S/C27H21N3/c1-2-29-24-14-8-6-12-21(24)22-17-16-19(18-26(22)29)27-28-23-13-7-9-15-25(23)30(27)20-10-4-3-5-11-20/h3-18H,2H2,1H3. The van der Waals surface area contributed by atoms with Gasteiger partial charge in [0, 0.05) is 39.6 Å². The van der Waals surface area contributed by atoms with Crippen LogP contribution in [0.15, 0.2) is 97.1 Å². The normalized spacial score (nSPS) is 11.6. The maximum atomic E-state index is 5.03. The lowest BCUT2D eigenvalue weighted by Crippen LogP contribution is -1.98. The minimum Gasteiger partial charge on any atom is -0.341 e. The SMILES string of the molecule is CCn1c2ccccc2c2ccc(-c3nc4ccccc4n3-c3ccccc3)cc21. The monoisotopic (exact) mass is 387 g/mol. The molecule has 2 aromatic heterocycles. The quantitative estimate of drug-likeness (QED) is 0.327. The third-order valence-electron chi connectivity index (χ3n) is 5.92. The van der Waals surface area contributed by atoms with Crippen LogP contribution < -0.4 is 0 Å². The van der Waals surface area contributed by atoms with Crippen molar-refractivity contribution < 1.29 is 0 Å². The Morgan fingerprint density at radius 3 is 2.20 bits per heavy atom. The van der Waals surface area contributed by atoms with E-state index >= 15 is 0 Å². The van der Waals surface area contributed by atoms with Gasteiger partial charge >= 0.3 is 0 Å². The van der Waals surface area contributed by atoms with E-state index in [0.717, 1.165) is 34.7 Å². The summed E-state index contributed by atoms with van der Waals surface area (Å²) in [6, 6.07) is 34.2. The van der Waals surface area contributed by atoms with E-state index in [2.05, 4.69) is 101 Å². The summed E-state index contributed by atoms with van der Waals surface area (Å²) in [5.74, 6) is 0.970. The first-order valence-electron chi connectivity index (χ1n) is 10.4. The summed E-state index contributed by atoms with van der Waals surface area (Å²) in [6.45, 7) is 3.14. The highest BCUT2D eigenvalue weighted by Crippen LogP contribution is 2.34. The Bertz CT molecular complexity index is 1520. The molecule has 2 heterocycles. The molecule has 0 spiro atoms. The molecule has 0 amide bonds. The number of benzene rings is 4. The average Bonchev–Trinajstić information content (AvgIpc) is 3.35. The van der Waals surface area contributed by atoms with Gasteiger partial charge < -0.3 is 4.57 Å². The molecule has 0 aliphatic heterocycles. The van der Waals surface area contributed by atoms with E-state index in [1.807, 2.05) is 12.1 Å². The number of rotatable bonds is 3. The van der Waals surface area contributed by atoms with Crippen molar-refractivity contribution in [2.75, 3.05) is 0 Å². The number of aromatic nitrogens is 3. The number of fused-ring (bicyclic) bond motifs is 4. The summed E-state index contributed by atoms with van der Waals surface area (Å²) < 4.78 is 4.65. The fraction of sp³-hybridized carbons (Fsp3) is 0.0741. The van der Waals surface area contributed by atoms with E-state index in [4.69, 9.17) is 4.98 Å². The molecule has 0 N–H and O–H groups in total. The summed E-state index contributed by atoms with van der Waals surface area (Å²) in [4.78, 5) is 5.03. The van der Waals surface area contributed by atoms with Crippen LogP contribution in [-0.4, -0.2) is 14.1 Å². The van der Waals surface area contributed by atoms with Crippen molar-refractivity contribution in [3.63, 3.8) is 0 Å². The molecule has 6 aromatic rings. The Morgan fingerprint density at radius 2 is 1.37 bits per heavy atom. The lowest BCUT2D eigenvalue weighted by atomic mass is 10.1. The molecule has 0 fully saturated rings. The first-order valence-corrected chi connectivity index (χ1v) is 10.4. The Morgan fingerprint density at radius 1 is 0.667 bits per heavy atom. The predicted molar refractivity (Wildman–Crippen MR) is 125 cm³/mol. The zero-order valence-electron chi connectivity index (χ0n) is 16.8. The van der Waals surface area contributed by atoms with Crippen LogP contribution in [0.25, 0.3) is 49.9 Å². The highest BCUT2D eigenvalue weighted by molar-refractivity contribution is 6.09. The maximum Gasteiger partial charge on any atom is 0.145 e. The lowest BCUT2D eigenvalue weighted by Gasteiger charge is -2.10. The van der Waals surface area contributed by atoms with Gasteiger partial charge in [0.25, 0.3) is 0 Å². The number of hydrogen-bond donors (Lipinski definition) is 0. The van der Waals surface area contributed by atoms with Crippen molar-refractivity contribution in [1.29, 1.82) is 0 Å². The Kier molecular flexibility index (Phi) is 3.75. The molecule has 0 aliphatic carbocycles. The molecule has 0 atom stereocenters. The van der Waals surface area contributed by atoms with Gasteiger partial charge in [0.1, 0.15) is 5.82 Å². The molecule has 0 unspecified atom stereocenters. The highest BCUT2D eigenvalue weighted by Gasteiger charge is 2.16. The van der Waals surface area contributed by atoms with Crippen molar-refractivity contribution in [1.82, 2.24) is 14.1 Å². The van der Waals surface area contributed by atoms with Gasteiger partial charge in [-0.1, -0.05) is 60.7 Å². The van der Waals surface area contributed by atoms with Gasteiger partial charge in [0.2, 0.25) is 0 Å². The Labute approximate surface area is 174 Å². The van der Waals surface area contributed by atoms with E-state index in [1.54, 1.807) is 0 Å². The second kappa shape index (κ2) is 6.60. The van der Waals surface area contributed by atoms with E-state index in [1.165, 1.54) is 21.8 Å².